The number of hydrogen-bond acceptors (Lipinski definition) is 6. The Balaban J connectivity index is 1.76. The number of esters is 1. The second-order valence-corrected chi connectivity index (χ2v) is 6.46. The van der Waals surface area contributed by atoms with Crippen molar-refractivity contribution in [3.8, 4) is 5.75 Å². The molecule has 0 spiro atoms. The minimum Gasteiger partial charge on any atom is -0.496 e. The molecule has 0 atom stereocenters. The van der Waals surface area contributed by atoms with Crippen LogP contribution in [0.25, 0.3) is 10.9 Å². The summed E-state index contributed by atoms with van der Waals surface area (Å²) in [5.74, 6) is -0.330. The van der Waals surface area contributed by atoms with Gasteiger partial charge in [0.25, 0.3) is 5.91 Å². The van der Waals surface area contributed by atoms with E-state index in [-0.39, 0.29) is 36.3 Å². The SMILES string of the molecule is COC(=O)CCCC(=O)N1CCCN1C(=O)c1cc(OC)c2ccccc2n1. The molecule has 28 heavy (non-hydrogen) atoms. The maximum Gasteiger partial charge on any atom is 0.305 e. The fourth-order valence-electron chi connectivity index (χ4n) is 3.25. The van der Waals surface area contributed by atoms with Gasteiger partial charge in [-0.3, -0.25) is 19.4 Å². The number of methoxy groups -OCH3 is 2. The molecule has 1 aliphatic heterocycles. The van der Waals surface area contributed by atoms with Crippen molar-refractivity contribution in [1.29, 1.82) is 0 Å². The van der Waals surface area contributed by atoms with Crippen LogP contribution in [0.5, 0.6) is 5.75 Å². The Morgan fingerprint density at radius 2 is 1.82 bits per heavy atom. The third-order valence-electron chi connectivity index (χ3n) is 4.67. The topological polar surface area (TPSA) is 89.0 Å². The third kappa shape index (κ3) is 4.05. The first-order valence-corrected chi connectivity index (χ1v) is 9.18. The molecule has 0 unspecified atom stereocenters. The quantitative estimate of drug-likeness (QED) is 0.708. The number of carbonyl (C=O) groups is 3. The van der Waals surface area contributed by atoms with Crippen LogP contribution >= 0.6 is 0 Å². The molecule has 0 bridgehead atoms. The molecule has 8 heteroatoms. The molecule has 2 aromatic rings. The highest BCUT2D eigenvalue weighted by Crippen LogP contribution is 2.26. The first kappa shape index (κ1) is 19.6. The van der Waals surface area contributed by atoms with Crippen LogP contribution in [0.2, 0.25) is 0 Å². The Kier molecular flexibility index (Phi) is 6.08. The number of benzene rings is 1. The first-order chi connectivity index (χ1) is 13.5. The maximum absolute atomic E-state index is 13.0. The number of amides is 2. The van der Waals surface area contributed by atoms with Crippen LogP contribution in [0.1, 0.15) is 36.2 Å². The van der Waals surface area contributed by atoms with E-state index in [1.165, 1.54) is 17.1 Å². The summed E-state index contributed by atoms with van der Waals surface area (Å²) in [5, 5.41) is 3.69. The summed E-state index contributed by atoms with van der Waals surface area (Å²) in [6.07, 6.45) is 1.42. The van der Waals surface area contributed by atoms with Gasteiger partial charge in [-0.25, -0.2) is 9.99 Å². The van der Waals surface area contributed by atoms with Gasteiger partial charge in [-0.15, -0.1) is 0 Å². The lowest BCUT2D eigenvalue weighted by atomic mass is 10.1. The van der Waals surface area contributed by atoms with E-state index in [1.807, 2.05) is 24.3 Å². The summed E-state index contributed by atoms with van der Waals surface area (Å²) >= 11 is 0. The lowest BCUT2D eigenvalue weighted by Gasteiger charge is -2.27. The van der Waals surface area contributed by atoms with Gasteiger partial charge in [0, 0.05) is 37.4 Å². The third-order valence-corrected chi connectivity index (χ3v) is 4.67. The van der Waals surface area contributed by atoms with Crippen molar-refractivity contribution in [3.63, 3.8) is 0 Å². The van der Waals surface area contributed by atoms with Crippen molar-refractivity contribution < 1.29 is 23.9 Å². The predicted molar refractivity (Wildman–Crippen MR) is 102 cm³/mol. The van der Waals surface area contributed by atoms with Gasteiger partial charge in [-0.1, -0.05) is 12.1 Å². The molecule has 2 amide bonds. The number of fused-ring (bicyclic) bond motifs is 1. The van der Waals surface area contributed by atoms with Gasteiger partial charge >= 0.3 is 5.97 Å². The van der Waals surface area contributed by atoms with Crippen molar-refractivity contribution in [2.24, 2.45) is 0 Å². The number of para-hydroxylation sites is 1. The zero-order chi connectivity index (χ0) is 20.1. The molecule has 1 aromatic carbocycles. The van der Waals surface area contributed by atoms with Gasteiger partial charge in [0.15, 0.2) is 0 Å². The fourth-order valence-corrected chi connectivity index (χ4v) is 3.25. The summed E-state index contributed by atoms with van der Waals surface area (Å²) in [6.45, 7) is 0.909. The van der Waals surface area contributed by atoms with Crippen molar-refractivity contribution in [2.75, 3.05) is 27.3 Å². The number of ether oxygens (including phenoxy) is 2. The number of carbonyl (C=O) groups excluding carboxylic acids is 3. The molecule has 1 fully saturated rings. The molecular weight excluding hydrogens is 362 g/mol. The number of nitrogens with zero attached hydrogens (tertiary/aromatic N) is 3. The van der Waals surface area contributed by atoms with Crippen LogP contribution in [0.4, 0.5) is 0 Å². The van der Waals surface area contributed by atoms with E-state index in [2.05, 4.69) is 9.72 Å². The molecule has 0 saturated carbocycles. The summed E-state index contributed by atoms with van der Waals surface area (Å²) in [6, 6.07) is 9.01. The van der Waals surface area contributed by atoms with E-state index in [1.54, 1.807) is 13.2 Å². The second-order valence-electron chi connectivity index (χ2n) is 6.46. The minimum absolute atomic E-state index is 0.174. The van der Waals surface area contributed by atoms with E-state index in [4.69, 9.17) is 4.74 Å². The smallest absolute Gasteiger partial charge is 0.305 e. The number of aromatic nitrogens is 1. The van der Waals surface area contributed by atoms with Crippen LogP contribution < -0.4 is 4.74 Å². The first-order valence-electron chi connectivity index (χ1n) is 9.18. The lowest BCUT2D eigenvalue weighted by Crippen LogP contribution is -2.45. The van der Waals surface area contributed by atoms with Crippen molar-refractivity contribution in [3.05, 3.63) is 36.0 Å². The Morgan fingerprint density at radius 1 is 1.07 bits per heavy atom. The standard InChI is InChI=1S/C20H23N3O5/c1-27-17-13-16(21-15-8-4-3-7-14(15)17)20(26)23-12-6-11-22(23)18(24)9-5-10-19(25)28-2/h3-4,7-8,13H,5-6,9-12H2,1-2H3. The average Bonchev–Trinajstić information content (AvgIpc) is 3.22. The monoisotopic (exact) mass is 385 g/mol. The Labute approximate surface area is 163 Å². The Hall–Kier alpha value is -3.16. The number of rotatable bonds is 6. The van der Waals surface area contributed by atoms with Crippen LogP contribution in [-0.4, -0.2) is 60.1 Å². The number of pyridine rings is 1. The number of hydrogen-bond donors (Lipinski definition) is 0. The van der Waals surface area contributed by atoms with E-state index in [0.717, 1.165) is 5.39 Å². The van der Waals surface area contributed by atoms with E-state index < -0.39 is 0 Å². The zero-order valence-corrected chi connectivity index (χ0v) is 16.0. The molecule has 0 N–H and O–H groups in total. The Morgan fingerprint density at radius 3 is 2.57 bits per heavy atom. The van der Waals surface area contributed by atoms with E-state index in [9.17, 15) is 14.4 Å². The molecule has 0 radical (unpaired) electrons. The summed E-state index contributed by atoms with van der Waals surface area (Å²) in [5.41, 5.74) is 0.880. The lowest BCUT2D eigenvalue weighted by molar-refractivity contribution is -0.142. The van der Waals surface area contributed by atoms with Crippen molar-refractivity contribution >= 4 is 28.7 Å². The highest BCUT2D eigenvalue weighted by Gasteiger charge is 2.32. The molecule has 8 nitrogen and oxygen atoms in total. The highest BCUT2D eigenvalue weighted by molar-refractivity contribution is 5.98. The number of hydrazine groups is 1. The van der Waals surface area contributed by atoms with Gasteiger partial charge in [0.2, 0.25) is 5.91 Å². The largest absolute Gasteiger partial charge is 0.496 e. The van der Waals surface area contributed by atoms with Gasteiger partial charge < -0.3 is 9.47 Å². The second kappa shape index (κ2) is 8.69. The molecule has 1 aromatic heterocycles. The van der Waals surface area contributed by atoms with E-state index in [0.29, 0.717) is 37.2 Å². The van der Waals surface area contributed by atoms with Gasteiger partial charge in [0.1, 0.15) is 11.4 Å². The van der Waals surface area contributed by atoms with Crippen LogP contribution in [-0.2, 0) is 14.3 Å². The minimum atomic E-state index is -0.352. The predicted octanol–water partition coefficient (Wildman–Crippen LogP) is 2.18. The molecule has 1 saturated heterocycles. The summed E-state index contributed by atoms with van der Waals surface area (Å²) in [4.78, 5) is 41.2. The summed E-state index contributed by atoms with van der Waals surface area (Å²) in [7, 11) is 2.86. The Bertz CT molecular complexity index is 899. The van der Waals surface area contributed by atoms with E-state index >= 15 is 0 Å². The highest BCUT2D eigenvalue weighted by atomic mass is 16.5. The maximum atomic E-state index is 13.0. The molecule has 2 heterocycles. The molecule has 1 aliphatic rings. The van der Waals surface area contributed by atoms with Crippen molar-refractivity contribution in [1.82, 2.24) is 15.0 Å². The normalized spacial score (nSPS) is 13.6. The zero-order valence-electron chi connectivity index (χ0n) is 16.0. The average molecular weight is 385 g/mol. The van der Waals surface area contributed by atoms with Gasteiger partial charge in [-0.05, 0) is 25.0 Å². The van der Waals surface area contributed by atoms with Crippen molar-refractivity contribution in [2.45, 2.75) is 25.7 Å². The summed E-state index contributed by atoms with van der Waals surface area (Å²) < 4.78 is 9.99. The van der Waals surface area contributed by atoms with Crippen LogP contribution in [0.15, 0.2) is 30.3 Å². The van der Waals surface area contributed by atoms with Gasteiger partial charge in [-0.2, -0.15) is 0 Å². The molecule has 3 rings (SSSR count). The van der Waals surface area contributed by atoms with Crippen LogP contribution in [0, 0.1) is 0 Å². The fraction of sp³-hybridized carbons (Fsp3) is 0.400. The van der Waals surface area contributed by atoms with Gasteiger partial charge in [0.05, 0.1) is 19.7 Å². The molecule has 0 aliphatic carbocycles. The molecular formula is C20H23N3O5. The van der Waals surface area contributed by atoms with Crippen LogP contribution in [0.3, 0.4) is 0 Å². The molecule has 148 valence electrons.